The number of hydrogen-bond donors (Lipinski definition) is 0. The van der Waals surface area contributed by atoms with E-state index in [0.29, 0.717) is 21.2 Å². The molecular weight excluding hydrogens is 518 g/mol. The molecule has 0 atom stereocenters. The van der Waals surface area contributed by atoms with Crippen LogP contribution in [-0.4, -0.2) is 34.0 Å². The van der Waals surface area contributed by atoms with Gasteiger partial charge in [-0.3, -0.25) is 4.79 Å². The van der Waals surface area contributed by atoms with Crippen LogP contribution in [0, 0.1) is 17.2 Å². The Hall–Kier alpha value is -3.18. The SMILES string of the molecule is CN(c1c(Br)c(=O)n(C)c2ccc(C#N)nc12)C1CCC(/C(=N/OC(C)(C)C)c2ccccc2)CC1. The van der Waals surface area contributed by atoms with E-state index in [1.54, 1.807) is 23.7 Å². The average Bonchev–Trinajstić information content (AvgIpc) is 2.87. The van der Waals surface area contributed by atoms with Gasteiger partial charge in [-0.15, -0.1) is 0 Å². The van der Waals surface area contributed by atoms with Gasteiger partial charge in [-0.05, 0) is 80.1 Å². The number of hydrogen-bond acceptors (Lipinski definition) is 6. The minimum atomic E-state index is -0.362. The van der Waals surface area contributed by atoms with Crippen LogP contribution < -0.4 is 10.5 Å². The number of nitrogens with zero attached hydrogens (tertiary/aromatic N) is 5. The standard InChI is InChI=1S/C28H32BrN5O2/c1-28(2,3)36-32-24(18-9-7-6-8-10-18)19-11-14-21(15-12-19)33(4)26-23(29)27(35)34(5)22-16-13-20(17-30)31-25(22)26/h6-10,13,16,19,21H,11-12,14-15H2,1-5H3/b32-24+. The van der Waals surface area contributed by atoms with E-state index in [4.69, 9.17) is 4.84 Å². The lowest BCUT2D eigenvalue weighted by Gasteiger charge is -2.37. The van der Waals surface area contributed by atoms with Crippen LogP contribution in [0.1, 0.15) is 57.7 Å². The number of pyridine rings is 2. The smallest absolute Gasteiger partial charge is 0.267 e. The highest BCUT2D eigenvalue weighted by atomic mass is 79.9. The summed E-state index contributed by atoms with van der Waals surface area (Å²) in [6.45, 7) is 6.01. The molecule has 1 fully saturated rings. The molecule has 0 amide bonds. The number of nitriles is 1. The Morgan fingerprint density at radius 1 is 1.17 bits per heavy atom. The zero-order valence-electron chi connectivity index (χ0n) is 21.5. The normalized spacial score (nSPS) is 18.6. The second kappa shape index (κ2) is 10.4. The monoisotopic (exact) mass is 549 g/mol. The van der Waals surface area contributed by atoms with E-state index in [1.165, 1.54) is 0 Å². The van der Waals surface area contributed by atoms with Gasteiger partial charge in [0.25, 0.3) is 5.56 Å². The fourth-order valence-corrected chi connectivity index (χ4v) is 5.55. The van der Waals surface area contributed by atoms with Crippen LogP contribution >= 0.6 is 15.9 Å². The van der Waals surface area contributed by atoms with Crippen molar-refractivity contribution in [2.24, 2.45) is 18.1 Å². The summed E-state index contributed by atoms with van der Waals surface area (Å²) in [4.78, 5) is 25.5. The van der Waals surface area contributed by atoms with Crippen LogP contribution in [0.25, 0.3) is 11.0 Å². The van der Waals surface area contributed by atoms with E-state index in [1.807, 2.05) is 46.0 Å². The molecule has 0 radical (unpaired) electrons. The summed E-state index contributed by atoms with van der Waals surface area (Å²) in [5, 5.41) is 14.0. The molecule has 1 aliphatic carbocycles. The molecule has 0 N–H and O–H groups in total. The number of rotatable bonds is 5. The molecule has 1 aliphatic rings. The zero-order valence-corrected chi connectivity index (χ0v) is 23.0. The van der Waals surface area contributed by atoms with Gasteiger partial charge in [0.05, 0.1) is 16.9 Å². The van der Waals surface area contributed by atoms with Crippen molar-refractivity contribution in [1.82, 2.24) is 9.55 Å². The van der Waals surface area contributed by atoms with Crippen molar-refractivity contribution in [2.45, 2.75) is 58.1 Å². The van der Waals surface area contributed by atoms with Crippen molar-refractivity contribution in [3.05, 3.63) is 68.5 Å². The van der Waals surface area contributed by atoms with Gasteiger partial charge in [0.2, 0.25) is 0 Å². The van der Waals surface area contributed by atoms with E-state index in [9.17, 15) is 10.1 Å². The third kappa shape index (κ3) is 5.31. The Morgan fingerprint density at radius 3 is 2.44 bits per heavy atom. The van der Waals surface area contributed by atoms with Crippen LogP contribution in [0.3, 0.4) is 0 Å². The number of benzene rings is 1. The Labute approximate surface area is 220 Å². The van der Waals surface area contributed by atoms with E-state index in [0.717, 1.165) is 42.6 Å². The second-order valence-electron chi connectivity index (χ2n) is 10.4. The van der Waals surface area contributed by atoms with Gasteiger partial charge in [-0.1, -0.05) is 35.5 Å². The number of aryl methyl sites for hydroxylation is 1. The van der Waals surface area contributed by atoms with Gasteiger partial charge in [-0.2, -0.15) is 5.26 Å². The molecule has 0 saturated heterocycles. The molecule has 188 valence electrons. The Balaban J connectivity index is 1.62. The maximum atomic E-state index is 13.0. The summed E-state index contributed by atoms with van der Waals surface area (Å²) in [5.41, 5.74) is 4.02. The molecule has 0 spiro atoms. The van der Waals surface area contributed by atoms with E-state index in [2.05, 4.69) is 49.2 Å². The molecule has 0 aliphatic heterocycles. The largest absolute Gasteiger partial charge is 0.390 e. The molecule has 7 nitrogen and oxygen atoms in total. The maximum absolute atomic E-state index is 13.0. The third-order valence-corrected chi connectivity index (χ3v) is 7.46. The molecule has 0 unspecified atom stereocenters. The number of anilines is 1. The first-order valence-electron chi connectivity index (χ1n) is 12.2. The first-order chi connectivity index (χ1) is 17.1. The predicted octanol–water partition coefficient (Wildman–Crippen LogP) is 5.78. The molecule has 8 heteroatoms. The van der Waals surface area contributed by atoms with Crippen molar-refractivity contribution in [3.8, 4) is 6.07 Å². The molecular formula is C28H32BrN5O2. The highest BCUT2D eigenvalue weighted by molar-refractivity contribution is 9.10. The lowest BCUT2D eigenvalue weighted by molar-refractivity contribution is -0.0000286. The highest BCUT2D eigenvalue weighted by Gasteiger charge is 2.31. The van der Waals surface area contributed by atoms with Crippen LogP contribution in [0.4, 0.5) is 5.69 Å². The maximum Gasteiger partial charge on any atom is 0.267 e. The van der Waals surface area contributed by atoms with Gasteiger partial charge in [-0.25, -0.2) is 4.98 Å². The molecule has 3 aromatic rings. The van der Waals surface area contributed by atoms with Crippen LogP contribution in [0.5, 0.6) is 0 Å². The first-order valence-corrected chi connectivity index (χ1v) is 13.0. The molecule has 1 aromatic carbocycles. The highest BCUT2D eigenvalue weighted by Crippen LogP contribution is 2.37. The van der Waals surface area contributed by atoms with Crippen LogP contribution in [-0.2, 0) is 11.9 Å². The molecule has 2 heterocycles. The predicted molar refractivity (Wildman–Crippen MR) is 147 cm³/mol. The lowest BCUT2D eigenvalue weighted by atomic mass is 9.80. The van der Waals surface area contributed by atoms with E-state index >= 15 is 0 Å². The first kappa shape index (κ1) is 25.9. The van der Waals surface area contributed by atoms with Gasteiger partial charge >= 0.3 is 0 Å². The minimum absolute atomic E-state index is 0.123. The van der Waals surface area contributed by atoms with Gasteiger partial charge in [0, 0.05) is 26.1 Å². The van der Waals surface area contributed by atoms with E-state index < -0.39 is 0 Å². The van der Waals surface area contributed by atoms with Gasteiger partial charge in [0.15, 0.2) is 0 Å². The molecule has 2 aromatic heterocycles. The van der Waals surface area contributed by atoms with Crippen molar-refractivity contribution in [3.63, 3.8) is 0 Å². The Bertz CT molecular complexity index is 1380. The number of halogens is 1. The number of fused-ring (bicyclic) bond motifs is 1. The summed E-state index contributed by atoms with van der Waals surface area (Å²) in [5.74, 6) is 0.284. The third-order valence-electron chi connectivity index (χ3n) is 6.75. The van der Waals surface area contributed by atoms with E-state index in [-0.39, 0.29) is 23.1 Å². The van der Waals surface area contributed by atoms with Crippen molar-refractivity contribution in [2.75, 3.05) is 11.9 Å². The molecule has 0 bridgehead atoms. The Morgan fingerprint density at radius 2 is 1.83 bits per heavy atom. The van der Waals surface area contributed by atoms with Crippen LogP contribution in [0.15, 0.2) is 56.9 Å². The number of aromatic nitrogens is 2. The summed E-state index contributed by atoms with van der Waals surface area (Å²) < 4.78 is 2.04. The average molecular weight is 551 g/mol. The summed E-state index contributed by atoms with van der Waals surface area (Å²) in [6, 6.07) is 16.0. The molecule has 1 saturated carbocycles. The fraction of sp³-hybridized carbons (Fsp3) is 0.429. The summed E-state index contributed by atoms with van der Waals surface area (Å²) in [7, 11) is 3.74. The van der Waals surface area contributed by atoms with Crippen molar-refractivity contribution < 1.29 is 4.84 Å². The van der Waals surface area contributed by atoms with Crippen LogP contribution in [0.2, 0.25) is 0 Å². The zero-order chi connectivity index (χ0) is 26.0. The van der Waals surface area contributed by atoms with Crippen molar-refractivity contribution >= 4 is 38.4 Å². The molecule has 4 rings (SSSR count). The summed E-state index contributed by atoms with van der Waals surface area (Å²) >= 11 is 3.54. The minimum Gasteiger partial charge on any atom is -0.390 e. The fourth-order valence-electron chi connectivity index (χ4n) is 4.82. The molecule has 36 heavy (non-hydrogen) atoms. The van der Waals surface area contributed by atoms with Gasteiger partial charge < -0.3 is 14.3 Å². The van der Waals surface area contributed by atoms with Crippen molar-refractivity contribution in [1.29, 1.82) is 5.26 Å². The number of oxime groups is 1. The summed E-state index contributed by atoms with van der Waals surface area (Å²) in [6.07, 6.45) is 3.77. The lowest BCUT2D eigenvalue weighted by Crippen LogP contribution is -2.38. The second-order valence-corrected chi connectivity index (χ2v) is 11.2. The quantitative estimate of drug-likeness (QED) is 0.297. The van der Waals surface area contributed by atoms with Gasteiger partial charge in [0.1, 0.15) is 27.4 Å². The topological polar surface area (TPSA) is 83.5 Å². The Kier molecular flexibility index (Phi) is 7.51.